The molecule has 0 saturated carbocycles. The van der Waals surface area contributed by atoms with Crippen LogP contribution in [0.5, 0.6) is 0 Å². The third-order valence-corrected chi connectivity index (χ3v) is 5.53. The minimum Gasteiger partial charge on any atom is -0.111 e. The van der Waals surface area contributed by atoms with Crippen LogP contribution in [0, 0.1) is 0 Å². The number of hydrogen-bond acceptors (Lipinski definition) is 2. The third kappa shape index (κ3) is 5.48. The second-order valence-electron chi connectivity index (χ2n) is 4.51. The van der Waals surface area contributed by atoms with Gasteiger partial charge in [0.25, 0.3) is 0 Å². The van der Waals surface area contributed by atoms with Crippen LogP contribution in [-0.4, -0.2) is 4.58 Å². The van der Waals surface area contributed by atoms with Crippen molar-refractivity contribution in [2.24, 2.45) is 0 Å². The standard InChI is InChI=1S/C18H20S2/c1-2-3-6-15-18(19-16-11-7-4-8-12-16)20-17-13-9-5-10-14-17/h2,4-5,7-14,18H,1,3,6,15H2. The van der Waals surface area contributed by atoms with Crippen LogP contribution in [0.25, 0.3) is 0 Å². The number of unbranched alkanes of at least 4 members (excludes halogenated alkanes) is 1. The van der Waals surface area contributed by atoms with E-state index in [1.807, 2.05) is 29.6 Å². The van der Waals surface area contributed by atoms with Gasteiger partial charge in [0.1, 0.15) is 0 Å². The topological polar surface area (TPSA) is 0 Å². The van der Waals surface area contributed by atoms with E-state index in [0.717, 1.165) is 6.42 Å². The summed E-state index contributed by atoms with van der Waals surface area (Å²) >= 11 is 3.93. The Morgan fingerprint density at radius 1 is 0.850 bits per heavy atom. The van der Waals surface area contributed by atoms with Crippen LogP contribution >= 0.6 is 23.5 Å². The second kappa shape index (κ2) is 8.93. The van der Waals surface area contributed by atoms with E-state index >= 15 is 0 Å². The maximum atomic E-state index is 3.81. The zero-order chi connectivity index (χ0) is 14.0. The fraction of sp³-hybridized carbons (Fsp3) is 0.222. The van der Waals surface area contributed by atoms with E-state index in [1.165, 1.54) is 22.6 Å². The monoisotopic (exact) mass is 300 g/mol. The Morgan fingerprint density at radius 2 is 1.35 bits per heavy atom. The summed E-state index contributed by atoms with van der Waals surface area (Å²) in [4.78, 5) is 2.69. The maximum Gasteiger partial charge on any atom is 0.0596 e. The Hall–Kier alpha value is -1.12. The molecule has 2 heteroatoms. The molecule has 0 N–H and O–H groups in total. The van der Waals surface area contributed by atoms with Gasteiger partial charge in [0, 0.05) is 9.79 Å². The zero-order valence-corrected chi connectivity index (χ0v) is 13.2. The molecule has 0 aliphatic heterocycles. The first-order chi connectivity index (χ1) is 9.88. The van der Waals surface area contributed by atoms with Crippen molar-refractivity contribution in [2.75, 3.05) is 0 Å². The van der Waals surface area contributed by atoms with E-state index in [-0.39, 0.29) is 0 Å². The van der Waals surface area contributed by atoms with Crippen LogP contribution in [-0.2, 0) is 0 Å². The Morgan fingerprint density at radius 3 is 1.80 bits per heavy atom. The molecule has 0 aliphatic carbocycles. The van der Waals surface area contributed by atoms with Crippen LogP contribution in [0.4, 0.5) is 0 Å². The molecule has 0 heterocycles. The molecule has 0 amide bonds. The molecule has 2 aromatic rings. The van der Waals surface area contributed by atoms with E-state index in [4.69, 9.17) is 0 Å². The summed E-state index contributed by atoms with van der Waals surface area (Å²) in [6, 6.07) is 21.3. The number of hydrogen-bond donors (Lipinski definition) is 0. The van der Waals surface area contributed by atoms with Gasteiger partial charge in [-0.1, -0.05) is 42.5 Å². The Bertz CT molecular complexity index is 452. The molecule has 104 valence electrons. The van der Waals surface area contributed by atoms with Crippen LogP contribution in [0.3, 0.4) is 0 Å². The number of rotatable bonds is 8. The molecule has 0 aliphatic rings. The molecule has 2 rings (SSSR count). The van der Waals surface area contributed by atoms with Crippen molar-refractivity contribution in [3.8, 4) is 0 Å². The number of thioether (sulfide) groups is 2. The molecular formula is C18H20S2. The molecule has 0 bridgehead atoms. The predicted molar refractivity (Wildman–Crippen MR) is 92.4 cm³/mol. The van der Waals surface area contributed by atoms with Crippen LogP contribution < -0.4 is 0 Å². The molecule has 0 spiro atoms. The van der Waals surface area contributed by atoms with Crippen molar-refractivity contribution < 1.29 is 0 Å². The lowest BCUT2D eigenvalue weighted by molar-refractivity contribution is 0.804. The van der Waals surface area contributed by atoms with Crippen molar-refractivity contribution in [2.45, 2.75) is 33.6 Å². The highest BCUT2D eigenvalue weighted by Crippen LogP contribution is 2.38. The smallest absolute Gasteiger partial charge is 0.0596 e. The average molecular weight is 300 g/mol. The fourth-order valence-electron chi connectivity index (χ4n) is 1.87. The van der Waals surface area contributed by atoms with Crippen LogP contribution in [0.2, 0.25) is 0 Å². The quantitative estimate of drug-likeness (QED) is 0.244. The van der Waals surface area contributed by atoms with Crippen molar-refractivity contribution >= 4 is 23.5 Å². The van der Waals surface area contributed by atoms with Gasteiger partial charge in [-0.2, -0.15) is 0 Å². The lowest BCUT2D eigenvalue weighted by Gasteiger charge is -2.16. The summed E-state index contributed by atoms with van der Waals surface area (Å²) in [6.07, 6.45) is 5.51. The van der Waals surface area contributed by atoms with Crippen molar-refractivity contribution in [3.05, 3.63) is 73.3 Å². The highest BCUT2D eigenvalue weighted by molar-refractivity contribution is 8.17. The molecule has 0 radical (unpaired) electrons. The minimum atomic E-state index is 0.555. The Balaban J connectivity index is 1.98. The van der Waals surface area contributed by atoms with Gasteiger partial charge < -0.3 is 0 Å². The molecule has 0 aromatic heterocycles. The molecule has 2 aromatic carbocycles. The van der Waals surface area contributed by atoms with Gasteiger partial charge in [-0.25, -0.2) is 0 Å². The van der Waals surface area contributed by atoms with E-state index in [0.29, 0.717) is 4.58 Å². The lowest BCUT2D eigenvalue weighted by atomic mass is 10.2. The lowest BCUT2D eigenvalue weighted by Crippen LogP contribution is -1.97. The summed E-state index contributed by atoms with van der Waals surface area (Å²) < 4.78 is 0.555. The fourth-order valence-corrected chi connectivity index (χ4v) is 4.54. The first-order valence-corrected chi connectivity index (χ1v) is 8.69. The predicted octanol–water partition coefficient (Wildman–Crippen LogP) is 6.25. The summed E-state index contributed by atoms with van der Waals surface area (Å²) in [7, 11) is 0. The molecular weight excluding hydrogens is 280 g/mol. The largest absolute Gasteiger partial charge is 0.111 e. The average Bonchev–Trinajstić information content (AvgIpc) is 2.49. The van der Waals surface area contributed by atoms with Gasteiger partial charge in [-0.05, 0) is 43.5 Å². The molecule has 20 heavy (non-hydrogen) atoms. The third-order valence-electron chi connectivity index (χ3n) is 2.87. The molecule has 0 nitrogen and oxygen atoms in total. The van der Waals surface area contributed by atoms with E-state index in [9.17, 15) is 0 Å². The Labute approximate surface area is 130 Å². The van der Waals surface area contributed by atoms with E-state index in [1.54, 1.807) is 0 Å². The Kier molecular flexibility index (Phi) is 6.82. The van der Waals surface area contributed by atoms with Gasteiger partial charge in [-0.15, -0.1) is 30.1 Å². The van der Waals surface area contributed by atoms with Gasteiger partial charge in [0.05, 0.1) is 4.58 Å². The summed E-state index contributed by atoms with van der Waals surface area (Å²) in [5.41, 5.74) is 0. The highest BCUT2D eigenvalue weighted by atomic mass is 32.2. The van der Waals surface area contributed by atoms with Gasteiger partial charge in [-0.3, -0.25) is 0 Å². The van der Waals surface area contributed by atoms with Crippen molar-refractivity contribution in [1.82, 2.24) is 0 Å². The first-order valence-electron chi connectivity index (χ1n) is 6.93. The van der Waals surface area contributed by atoms with Crippen LogP contribution in [0.15, 0.2) is 83.1 Å². The van der Waals surface area contributed by atoms with Crippen molar-refractivity contribution in [3.63, 3.8) is 0 Å². The zero-order valence-electron chi connectivity index (χ0n) is 11.6. The molecule has 0 saturated heterocycles. The van der Waals surface area contributed by atoms with Gasteiger partial charge in [0.15, 0.2) is 0 Å². The molecule has 0 fully saturated rings. The SMILES string of the molecule is C=CCCCC(Sc1ccccc1)Sc1ccccc1. The molecule has 0 unspecified atom stereocenters. The summed E-state index contributed by atoms with van der Waals surface area (Å²) in [5, 5.41) is 0. The van der Waals surface area contributed by atoms with E-state index < -0.39 is 0 Å². The normalized spacial score (nSPS) is 10.7. The minimum absolute atomic E-state index is 0.555. The van der Waals surface area contributed by atoms with E-state index in [2.05, 4.69) is 67.2 Å². The molecule has 0 atom stereocenters. The summed E-state index contributed by atoms with van der Waals surface area (Å²) in [5.74, 6) is 0. The second-order valence-corrected chi connectivity index (χ2v) is 7.36. The van der Waals surface area contributed by atoms with Gasteiger partial charge in [0.2, 0.25) is 0 Å². The van der Waals surface area contributed by atoms with Gasteiger partial charge >= 0.3 is 0 Å². The summed E-state index contributed by atoms with van der Waals surface area (Å²) in [6.45, 7) is 3.81. The number of benzene rings is 2. The first kappa shape index (κ1) is 15.3. The van der Waals surface area contributed by atoms with Crippen LogP contribution in [0.1, 0.15) is 19.3 Å². The maximum absolute atomic E-state index is 3.81. The van der Waals surface area contributed by atoms with Crippen molar-refractivity contribution in [1.29, 1.82) is 0 Å². The highest BCUT2D eigenvalue weighted by Gasteiger charge is 2.11. The number of allylic oxidation sites excluding steroid dienone is 1.